The van der Waals surface area contributed by atoms with Crippen LogP contribution < -0.4 is 10.9 Å². The maximum atomic E-state index is 12.3. The third kappa shape index (κ3) is 5.50. The molecule has 0 spiro atoms. The number of benzene rings is 1. The Morgan fingerprint density at radius 1 is 0.969 bits per heavy atom. The average Bonchev–Trinajstić information content (AvgIpc) is 2.83. The highest BCUT2D eigenvalue weighted by molar-refractivity contribution is 5.48. The smallest absolute Gasteiger partial charge is 0.251 e. The summed E-state index contributed by atoms with van der Waals surface area (Å²) in [6, 6.07) is 17.2. The Bertz CT molecular complexity index is 1190. The Morgan fingerprint density at radius 3 is 2.41 bits per heavy atom. The fraction of sp³-hybridized carbons (Fsp3) is 0.240. The van der Waals surface area contributed by atoms with E-state index in [9.17, 15) is 4.79 Å². The molecule has 1 aromatic carbocycles. The predicted molar refractivity (Wildman–Crippen MR) is 124 cm³/mol. The molecular formula is C25H26N6O. The average molecular weight is 427 g/mol. The topological polar surface area (TPSA) is 96.5 Å². The molecule has 3 heterocycles. The molecule has 4 rings (SSSR count). The van der Waals surface area contributed by atoms with E-state index < -0.39 is 0 Å². The van der Waals surface area contributed by atoms with Gasteiger partial charge in [0.05, 0.1) is 5.69 Å². The van der Waals surface area contributed by atoms with E-state index in [1.54, 1.807) is 12.3 Å². The number of H-pyrrole nitrogens is 1. The van der Waals surface area contributed by atoms with E-state index in [0.29, 0.717) is 36.1 Å². The van der Waals surface area contributed by atoms with Crippen LogP contribution in [-0.4, -0.2) is 24.9 Å². The number of aromatic nitrogens is 5. The first-order chi connectivity index (χ1) is 15.6. The standard InChI is InChI=1S/C25H26N6O/c1-17(2)24-28-15-18(16-29-24)14-27-22(19-8-4-3-5-9-19)12-20-13-23(32)31-25(30-20)21-10-6-7-11-26-21/h3-11,13,15-17,22,27H,12,14H2,1-2H3,(H,30,31,32)/t22-/m1/s1. The molecule has 0 aliphatic rings. The maximum Gasteiger partial charge on any atom is 0.251 e. The van der Waals surface area contributed by atoms with E-state index in [-0.39, 0.29) is 11.6 Å². The lowest BCUT2D eigenvalue weighted by Crippen LogP contribution is -2.24. The molecule has 32 heavy (non-hydrogen) atoms. The highest BCUT2D eigenvalue weighted by atomic mass is 16.1. The molecule has 0 fully saturated rings. The zero-order valence-electron chi connectivity index (χ0n) is 18.2. The summed E-state index contributed by atoms with van der Waals surface area (Å²) in [5.74, 6) is 1.60. The van der Waals surface area contributed by atoms with Crippen LogP contribution >= 0.6 is 0 Å². The Hall–Kier alpha value is -3.71. The van der Waals surface area contributed by atoms with Gasteiger partial charge in [-0.25, -0.2) is 15.0 Å². The Kier molecular flexibility index (Phi) is 6.77. The molecule has 0 saturated carbocycles. The van der Waals surface area contributed by atoms with Gasteiger partial charge in [0.2, 0.25) is 0 Å². The van der Waals surface area contributed by atoms with Gasteiger partial charge in [0, 0.05) is 55.1 Å². The van der Waals surface area contributed by atoms with Crippen molar-refractivity contribution in [2.45, 2.75) is 38.8 Å². The Labute approximate surface area is 187 Å². The SMILES string of the molecule is CC(C)c1ncc(CN[C@H](Cc2cc(=O)[nH]c(-c3ccccn3)n2)c2ccccc2)cn1. The van der Waals surface area contributed by atoms with Crippen molar-refractivity contribution in [1.82, 2.24) is 30.2 Å². The van der Waals surface area contributed by atoms with Gasteiger partial charge in [-0.1, -0.05) is 50.2 Å². The zero-order chi connectivity index (χ0) is 22.3. The van der Waals surface area contributed by atoms with Crippen LogP contribution in [0.4, 0.5) is 0 Å². The number of hydrogen-bond acceptors (Lipinski definition) is 6. The van der Waals surface area contributed by atoms with Gasteiger partial charge in [-0.2, -0.15) is 0 Å². The van der Waals surface area contributed by atoms with E-state index >= 15 is 0 Å². The molecule has 4 aromatic rings. The fourth-order valence-corrected chi connectivity index (χ4v) is 3.43. The lowest BCUT2D eigenvalue weighted by atomic mass is 10.0. The second kappa shape index (κ2) is 10.1. The normalized spacial score (nSPS) is 12.1. The van der Waals surface area contributed by atoms with Gasteiger partial charge in [0.1, 0.15) is 11.5 Å². The van der Waals surface area contributed by atoms with Crippen LogP contribution in [-0.2, 0) is 13.0 Å². The quantitative estimate of drug-likeness (QED) is 0.445. The molecule has 0 saturated heterocycles. The number of hydrogen-bond donors (Lipinski definition) is 2. The Morgan fingerprint density at radius 2 is 1.72 bits per heavy atom. The van der Waals surface area contributed by atoms with Gasteiger partial charge in [0.15, 0.2) is 5.82 Å². The Balaban J connectivity index is 1.56. The van der Waals surface area contributed by atoms with Crippen molar-refractivity contribution in [1.29, 1.82) is 0 Å². The van der Waals surface area contributed by atoms with Crippen molar-refractivity contribution in [3.05, 3.63) is 106 Å². The van der Waals surface area contributed by atoms with E-state index in [2.05, 4.69) is 56.2 Å². The van der Waals surface area contributed by atoms with Gasteiger partial charge in [-0.15, -0.1) is 0 Å². The van der Waals surface area contributed by atoms with Crippen molar-refractivity contribution in [2.24, 2.45) is 0 Å². The van der Waals surface area contributed by atoms with Crippen LogP contribution in [0.2, 0.25) is 0 Å². The van der Waals surface area contributed by atoms with Crippen molar-refractivity contribution >= 4 is 0 Å². The predicted octanol–water partition coefficient (Wildman–Crippen LogP) is 3.82. The second-order valence-corrected chi connectivity index (χ2v) is 7.95. The van der Waals surface area contributed by atoms with E-state index in [4.69, 9.17) is 0 Å². The molecular weight excluding hydrogens is 400 g/mol. The van der Waals surface area contributed by atoms with Crippen LogP contribution in [0, 0.1) is 0 Å². The fourth-order valence-electron chi connectivity index (χ4n) is 3.43. The molecule has 0 unspecified atom stereocenters. The minimum Gasteiger partial charge on any atom is -0.305 e. The van der Waals surface area contributed by atoms with Crippen LogP contribution in [0.3, 0.4) is 0 Å². The van der Waals surface area contributed by atoms with E-state index in [1.165, 1.54) is 0 Å². The first-order valence-corrected chi connectivity index (χ1v) is 10.7. The van der Waals surface area contributed by atoms with E-state index in [1.807, 2.05) is 48.8 Å². The zero-order valence-corrected chi connectivity index (χ0v) is 18.2. The summed E-state index contributed by atoms with van der Waals surface area (Å²) in [6.07, 6.45) is 5.96. The summed E-state index contributed by atoms with van der Waals surface area (Å²) < 4.78 is 0. The minimum atomic E-state index is -0.194. The highest BCUT2D eigenvalue weighted by Crippen LogP contribution is 2.19. The highest BCUT2D eigenvalue weighted by Gasteiger charge is 2.15. The molecule has 7 nitrogen and oxygen atoms in total. The molecule has 0 aliphatic carbocycles. The van der Waals surface area contributed by atoms with Crippen LogP contribution in [0.1, 0.15) is 48.5 Å². The molecule has 162 valence electrons. The molecule has 1 atom stereocenters. The summed E-state index contributed by atoms with van der Waals surface area (Å²) >= 11 is 0. The lowest BCUT2D eigenvalue weighted by molar-refractivity contribution is 0.523. The van der Waals surface area contributed by atoms with Crippen molar-refractivity contribution in [2.75, 3.05) is 0 Å². The van der Waals surface area contributed by atoms with Gasteiger partial charge in [-0.05, 0) is 17.7 Å². The van der Waals surface area contributed by atoms with Crippen molar-refractivity contribution in [3.63, 3.8) is 0 Å². The van der Waals surface area contributed by atoms with Gasteiger partial charge in [0.25, 0.3) is 5.56 Å². The number of rotatable bonds is 8. The van der Waals surface area contributed by atoms with Crippen LogP contribution in [0.15, 0.2) is 78.0 Å². The van der Waals surface area contributed by atoms with Crippen LogP contribution in [0.25, 0.3) is 11.5 Å². The summed E-state index contributed by atoms with van der Waals surface area (Å²) in [5.41, 5.74) is 3.26. The van der Waals surface area contributed by atoms with Gasteiger partial charge in [-0.3, -0.25) is 9.78 Å². The minimum absolute atomic E-state index is 0.0353. The first kappa shape index (κ1) is 21.5. The lowest BCUT2D eigenvalue weighted by Gasteiger charge is -2.19. The first-order valence-electron chi connectivity index (χ1n) is 10.7. The second-order valence-electron chi connectivity index (χ2n) is 7.95. The third-order valence-corrected chi connectivity index (χ3v) is 5.11. The largest absolute Gasteiger partial charge is 0.305 e. The monoisotopic (exact) mass is 426 g/mol. The number of nitrogens with zero attached hydrogens (tertiary/aromatic N) is 4. The summed E-state index contributed by atoms with van der Waals surface area (Å²) in [4.78, 5) is 33.0. The molecule has 2 N–H and O–H groups in total. The van der Waals surface area contributed by atoms with Crippen molar-refractivity contribution < 1.29 is 0 Å². The summed E-state index contributed by atoms with van der Waals surface area (Å²) in [7, 11) is 0. The number of aromatic amines is 1. The number of pyridine rings is 1. The van der Waals surface area contributed by atoms with Crippen LogP contribution in [0.5, 0.6) is 0 Å². The summed E-state index contributed by atoms with van der Waals surface area (Å²) in [6.45, 7) is 4.76. The summed E-state index contributed by atoms with van der Waals surface area (Å²) in [5, 5.41) is 3.58. The molecule has 7 heteroatoms. The molecule has 0 amide bonds. The van der Waals surface area contributed by atoms with Gasteiger partial charge >= 0.3 is 0 Å². The molecule has 0 radical (unpaired) electrons. The molecule has 0 aliphatic heterocycles. The maximum absolute atomic E-state index is 12.3. The number of nitrogens with one attached hydrogen (secondary N) is 2. The van der Waals surface area contributed by atoms with Crippen molar-refractivity contribution in [3.8, 4) is 11.5 Å². The van der Waals surface area contributed by atoms with E-state index in [0.717, 1.165) is 17.0 Å². The molecule has 3 aromatic heterocycles. The third-order valence-electron chi connectivity index (χ3n) is 5.11. The molecule has 0 bridgehead atoms. The van der Waals surface area contributed by atoms with Gasteiger partial charge < -0.3 is 10.3 Å².